The van der Waals surface area contributed by atoms with E-state index in [0.29, 0.717) is 11.5 Å². The van der Waals surface area contributed by atoms with Gasteiger partial charge in [0.2, 0.25) is 0 Å². The maximum Gasteiger partial charge on any atom is 0.162 e. The van der Waals surface area contributed by atoms with Gasteiger partial charge in [-0.2, -0.15) is 0 Å². The first kappa shape index (κ1) is 18.0. The minimum atomic E-state index is 0.684. The first-order chi connectivity index (χ1) is 12.3. The summed E-state index contributed by atoms with van der Waals surface area (Å²) in [5, 5.41) is 6.40. The van der Waals surface area contributed by atoms with Crippen LogP contribution in [0.3, 0.4) is 0 Å². The first-order valence-corrected chi connectivity index (χ1v) is 9.35. The number of ether oxygens (including phenoxy) is 2. The number of hydrogen-bond donors (Lipinski definition) is 2. The number of hydrogen-bond acceptors (Lipinski definition) is 8. The summed E-state index contributed by atoms with van der Waals surface area (Å²) in [4.78, 5) is 11.3. The van der Waals surface area contributed by atoms with Gasteiger partial charge in [-0.1, -0.05) is 0 Å². The van der Waals surface area contributed by atoms with Crippen molar-refractivity contribution < 1.29 is 9.47 Å². The molecule has 0 spiro atoms. The van der Waals surface area contributed by atoms with Crippen LogP contribution in [-0.4, -0.2) is 43.8 Å². The molecule has 0 radical (unpaired) electrons. The Hall–Kier alpha value is -1.77. The second-order valence-corrected chi connectivity index (χ2v) is 6.68. The van der Waals surface area contributed by atoms with Crippen molar-refractivity contribution in [3.8, 4) is 11.5 Å². The first-order valence-electron chi connectivity index (χ1n) is 8.47. The van der Waals surface area contributed by atoms with E-state index in [1.165, 1.54) is 12.1 Å². The molecule has 25 heavy (non-hydrogen) atoms. The van der Waals surface area contributed by atoms with Gasteiger partial charge in [-0.05, 0) is 31.2 Å². The van der Waals surface area contributed by atoms with E-state index in [9.17, 15) is 0 Å². The lowest BCUT2D eigenvalue weighted by Gasteiger charge is -2.33. The van der Waals surface area contributed by atoms with Crippen LogP contribution < -0.4 is 24.2 Å². The number of rotatable bonds is 7. The molecule has 2 aromatic rings. The van der Waals surface area contributed by atoms with E-state index in [0.717, 1.165) is 61.5 Å². The van der Waals surface area contributed by atoms with Gasteiger partial charge in [-0.15, -0.1) is 0 Å². The molecular weight excluding hydrogens is 338 g/mol. The molecular formula is C17H25N5O2S. The fourth-order valence-corrected chi connectivity index (χ4v) is 3.61. The minimum absolute atomic E-state index is 0.684. The Morgan fingerprint density at radius 2 is 1.92 bits per heavy atom. The predicted octanol–water partition coefficient (Wildman–Crippen LogP) is 2.37. The molecule has 3 rings (SSSR count). The fraction of sp³-hybridized carbons (Fsp3) is 0.529. The van der Waals surface area contributed by atoms with Gasteiger partial charge in [0, 0.05) is 43.2 Å². The summed E-state index contributed by atoms with van der Waals surface area (Å²) in [6.07, 6.45) is 5.11. The molecule has 1 saturated heterocycles. The average Bonchev–Trinajstić information content (AvgIpc) is 2.67. The molecule has 0 unspecified atom stereocenters. The van der Waals surface area contributed by atoms with Crippen LogP contribution in [-0.2, 0) is 0 Å². The van der Waals surface area contributed by atoms with Gasteiger partial charge < -0.3 is 14.4 Å². The predicted molar refractivity (Wildman–Crippen MR) is 102 cm³/mol. The number of aromatic nitrogens is 2. The van der Waals surface area contributed by atoms with E-state index in [1.807, 2.05) is 12.1 Å². The topological polar surface area (TPSA) is 85.5 Å². The van der Waals surface area contributed by atoms with E-state index >= 15 is 0 Å². The zero-order valence-corrected chi connectivity index (χ0v) is 15.5. The quantitative estimate of drug-likeness (QED) is 0.573. The lowest BCUT2D eigenvalue weighted by molar-refractivity contribution is 0.355. The third-order valence-electron chi connectivity index (χ3n) is 4.77. The van der Waals surface area contributed by atoms with Crippen LogP contribution in [0.2, 0.25) is 0 Å². The highest BCUT2D eigenvalue weighted by molar-refractivity contribution is 7.95. The molecule has 0 saturated carbocycles. The zero-order chi connectivity index (χ0) is 17.6. The Labute approximate surface area is 152 Å². The molecule has 3 N–H and O–H groups in total. The molecule has 0 amide bonds. The van der Waals surface area contributed by atoms with Crippen LogP contribution in [0.25, 0.3) is 10.9 Å². The maximum atomic E-state index is 5.44. The van der Waals surface area contributed by atoms with Crippen LogP contribution in [0.1, 0.15) is 19.3 Å². The summed E-state index contributed by atoms with van der Waals surface area (Å²) < 4.78 is 13.9. The van der Waals surface area contributed by atoms with Crippen molar-refractivity contribution in [3.63, 3.8) is 0 Å². The Bertz CT molecular complexity index is 707. The van der Waals surface area contributed by atoms with Crippen LogP contribution in [0.4, 0.5) is 5.82 Å². The average molecular weight is 363 g/mol. The summed E-state index contributed by atoms with van der Waals surface area (Å²) in [6.45, 7) is 2.96. The standard InChI is InChI=1S/C17H25N5O2S/c1-23-15-9-13-14(10-16(15)24-2)19-11-20-17(13)22-7-4-12(5-8-22)3-6-21-25-18/h9-12,21H,3-8,18H2,1-2H3. The molecule has 1 aliphatic rings. The second kappa shape index (κ2) is 8.55. The van der Waals surface area contributed by atoms with Gasteiger partial charge in [-0.3, -0.25) is 9.86 Å². The van der Waals surface area contributed by atoms with Crippen molar-refractivity contribution in [2.45, 2.75) is 19.3 Å². The van der Waals surface area contributed by atoms with Crippen molar-refractivity contribution >= 4 is 28.9 Å². The smallest absolute Gasteiger partial charge is 0.162 e. The minimum Gasteiger partial charge on any atom is -0.493 e. The highest BCUT2D eigenvalue weighted by Gasteiger charge is 2.22. The van der Waals surface area contributed by atoms with E-state index in [-0.39, 0.29) is 0 Å². The zero-order valence-electron chi connectivity index (χ0n) is 14.7. The lowest BCUT2D eigenvalue weighted by atomic mass is 9.93. The lowest BCUT2D eigenvalue weighted by Crippen LogP contribution is -2.35. The van der Waals surface area contributed by atoms with Crippen molar-refractivity contribution in [2.75, 3.05) is 38.8 Å². The molecule has 0 aliphatic carbocycles. The molecule has 0 atom stereocenters. The van der Waals surface area contributed by atoms with Crippen LogP contribution in [0.5, 0.6) is 11.5 Å². The molecule has 136 valence electrons. The normalized spacial score (nSPS) is 15.6. The van der Waals surface area contributed by atoms with E-state index in [1.54, 1.807) is 20.5 Å². The molecule has 0 bridgehead atoms. The summed E-state index contributed by atoms with van der Waals surface area (Å²) in [7, 11) is 3.28. The maximum absolute atomic E-state index is 5.44. The van der Waals surface area contributed by atoms with Gasteiger partial charge in [0.15, 0.2) is 11.5 Å². The molecule has 1 fully saturated rings. The Morgan fingerprint density at radius 1 is 1.20 bits per heavy atom. The monoisotopic (exact) mass is 363 g/mol. The summed E-state index contributed by atoms with van der Waals surface area (Å²) in [6, 6.07) is 3.88. The number of benzene rings is 1. The molecule has 1 aromatic carbocycles. The van der Waals surface area contributed by atoms with E-state index in [2.05, 4.69) is 19.6 Å². The van der Waals surface area contributed by atoms with Crippen molar-refractivity contribution in [2.24, 2.45) is 11.1 Å². The Balaban J connectivity index is 1.78. The number of nitrogens with two attached hydrogens (primary N) is 1. The second-order valence-electron chi connectivity index (χ2n) is 6.15. The number of nitrogens with zero attached hydrogens (tertiary/aromatic N) is 3. The Morgan fingerprint density at radius 3 is 2.60 bits per heavy atom. The van der Waals surface area contributed by atoms with Gasteiger partial charge in [0.05, 0.1) is 19.7 Å². The van der Waals surface area contributed by atoms with Crippen molar-refractivity contribution in [1.82, 2.24) is 14.7 Å². The number of fused-ring (bicyclic) bond motifs is 1. The molecule has 1 aromatic heterocycles. The van der Waals surface area contributed by atoms with Gasteiger partial charge in [0.25, 0.3) is 0 Å². The fourth-order valence-electron chi connectivity index (χ4n) is 3.38. The Kier molecular flexibility index (Phi) is 6.17. The van der Waals surface area contributed by atoms with Crippen LogP contribution in [0, 0.1) is 5.92 Å². The third-order valence-corrected chi connectivity index (χ3v) is 5.14. The van der Waals surface area contributed by atoms with E-state index in [4.69, 9.17) is 14.6 Å². The highest BCUT2D eigenvalue weighted by Crippen LogP contribution is 2.35. The highest BCUT2D eigenvalue weighted by atomic mass is 32.2. The molecule has 2 heterocycles. The van der Waals surface area contributed by atoms with Gasteiger partial charge in [-0.25, -0.2) is 9.97 Å². The van der Waals surface area contributed by atoms with Gasteiger partial charge in [0.1, 0.15) is 12.1 Å². The van der Waals surface area contributed by atoms with Crippen molar-refractivity contribution in [3.05, 3.63) is 18.5 Å². The summed E-state index contributed by atoms with van der Waals surface area (Å²) in [5.41, 5.74) is 0.869. The largest absolute Gasteiger partial charge is 0.493 e. The summed E-state index contributed by atoms with van der Waals surface area (Å²) in [5.74, 6) is 3.09. The van der Waals surface area contributed by atoms with Crippen molar-refractivity contribution in [1.29, 1.82) is 0 Å². The SMILES string of the molecule is COc1cc2ncnc(N3CCC(CCNSN)CC3)c2cc1OC. The third kappa shape index (κ3) is 4.08. The number of nitrogens with one attached hydrogen (secondary N) is 1. The van der Waals surface area contributed by atoms with Crippen LogP contribution >= 0.6 is 12.1 Å². The summed E-state index contributed by atoms with van der Waals surface area (Å²) >= 11 is 1.20. The van der Waals surface area contributed by atoms with Gasteiger partial charge >= 0.3 is 0 Å². The molecule has 7 nitrogen and oxygen atoms in total. The number of methoxy groups -OCH3 is 2. The van der Waals surface area contributed by atoms with E-state index < -0.39 is 0 Å². The molecule has 8 heteroatoms. The number of anilines is 1. The van der Waals surface area contributed by atoms with Crippen LogP contribution in [0.15, 0.2) is 18.5 Å². The molecule has 1 aliphatic heterocycles. The number of piperidine rings is 1.